The van der Waals surface area contributed by atoms with Crippen molar-refractivity contribution in [3.05, 3.63) is 98.4 Å². The number of carbonyl (C=O) groups is 1. The summed E-state index contributed by atoms with van der Waals surface area (Å²) >= 11 is 5.84. The fourth-order valence-corrected chi connectivity index (χ4v) is 4.33. The second kappa shape index (κ2) is 8.42. The molecule has 8 nitrogen and oxygen atoms in total. The van der Waals surface area contributed by atoms with Crippen LogP contribution in [0.2, 0.25) is 5.15 Å². The Bertz CT molecular complexity index is 1480. The van der Waals surface area contributed by atoms with E-state index in [4.69, 9.17) is 16.6 Å². The van der Waals surface area contributed by atoms with Crippen LogP contribution in [-0.4, -0.2) is 25.4 Å². The summed E-state index contributed by atoms with van der Waals surface area (Å²) in [7, 11) is 0. The number of anilines is 2. The van der Waals surface area contributed by atoms with E-state index >= 15 is 0 Å². The molecule has 10 heteroatoms. The maximum absolute atomic E-state index is 14.5. The molecule has 1 aromatic carbocycles. The predicted molar refractivity (Wildman–Crippen MR) is 126 cm³/mol. The summed E-state index contributed by atoms with van der Waals surface area (Å²) in [6, 6.07) is 13.0. The minimum Gasteiger partial charge on any atom is -0.476 e. The Balaban J connectivity index is 1.56. The van der Waals surface area contributed by atoms with Crippen LogP contribution < -0.4 is 15.8 Å². The van der Waals surface area contributed by atoms with Crippen LogP contribution in [0.25, 0.3) is 5.65 Å². The number of pyridine rings is 2. The quantitative estimate of drug-likeness (QED) is 0.412. The van der Waals surface area contributed by atoms with Gasteiger partial charge in [-0.05, 0) is 36.2 Å². The van der Waals surface area contributed by atoms with Gasteiger partial charge >= 0.3 is 5.97 Å². The molecule has 1 aliphatic heterocycles. The Morgan fingerprint density at radius 1 is 1.15 bits per heavy atom. The van der Waals surface area contributed by atoms with Crippen molar-refractivity contribution in [2.75, 3.05) is 10.2 Å². The van der Waals surface area contributed by atoms with E-state index < -0.39 is 23.4 Å². The molecule has 2 N–H and O–H groups in total. The van der Waals surface area contributed by atoms with E-state index in [-0.39, 0.29) is 22.2 Å². The van der Waals surface area contributed by atoms with Crippen molar-refractivity contribution in [1.82, 2.24) is 14.4 Å². The first kappa shape index (κ1) is 21.8. The van der Waals surface area contributed by atoms with E-state index in [0.717, 1.165) is 21.7 Å². The van der Waals surface area contributed by atoms with Gasteiger partial charge in [-0.3, -0.25) is 9.20 Å². The average molecular weight is 480 g/mol. The maximum Gasteiger partial charge on any atom is 0.356 e. The monoisotopic (exact) mass is 479 g/mol. The highest BCUT2D eigenvalue weighted by molar-refractivity contribution is 6.29. The second-order valence-electron chi connectivity index (χ2n) is 8.09. The molecule has 3 aromatic heterocycles. The van der Waals surface area contributed by atoms with Crippen LogP contribution in [0, 0.1) is 5.82 Å². The first-order chi connectivity index (χ1) is 16.3. The third-order valence-electron chi connectivity index (χ3n) is 5.81. The van der Waals surface area contributed by atoms with E-state index in [9.17, 15) is 19.1 Å². The Morgan fingerprint density at radius 3 is 2.53 bits per heavy atom. The molecule has 0 saturated carbocycles. The topological polar surface area (TPSA) is 99.8 Å². The number of carboxylic acids is 1. The van der Waals surface area contributed by atoms with Gasteiger partial charge in [0.2, 0.25) is 0 Å². The average Bonchev–Trinajstić information content (AvgIpc) is 3.24. The van der Waals surface area contributed by atoms with Gasteiger partial charge in [0.25, 0.3) is 5.56 Å². The third-order valence-corrected chi connectivity index (χ3v) is 6.02. The van der Waals surface area contributed by atoms with Crippen molar-refractivity contribution in [2.45, 2.75) is 26.1 Å². The molecule has 1 atom stereocenters. The van der Waals surface area contributed by atoms with Crippen LogP contribution in [0.15, 0.2) is 59.5 Å². The number of hydrogen-bond donors (Lipinski definition) is 2. The number of benzene rings is 1. The van der Waals surface area contributed by atoms with E-state index in [2.05, 4.69) is 10.3 Å². The molecule has 172 valence electrons. The first-order valence-electron chi connectivity index (χ1n) is 10.5. The predicted octanol–water partition coefficient (Wildman–Crippen LogP) is 4.27. The van der Waals surface area contributed by atoms with Gasteiger partial charge in [-0.1, -0.05) is 35.9 Å². The molecule has 5 rings (SSSR count). The molecule has 0 fully saturated rings. The summed E-state index contributed by atoms with van der Waals surface area (Å²) in [5, 5.41) is 12.6. The molecule has 0 spiro atoms. The van der Waals surface area contributed by atoms with E-state index in [1.165, 1.54) is 24.3 Å². The summed E-state index contributed by atoms with van der Waals surface area (Å²) in [6.07, 6.45) is 1.09. The van der Waals surface area contributed by atoms with Gasteiger partial charge in [0.15, 0.2) is 5.69 Å². The molecule has 0 aliphatic carbocycles. The number of rotatable bonds is 5. The summed E-state index contributed by atoms with van der Waals surface area (Å²) in [5.74, 6) is -1.39. The SMILES string of the molecule is C[C@@H](Nc1ccc(Cl)nc1C(=O)O)c1cc(F)cn2c(=O)cc(N3Cc4ccccc4C3)nc12. The Morgan fingerprint density at radius 2 is 1.85 bits per heavy atom. The number of hydrogen-bond acceptors (Lipinski definition) is 6. The van der Waals surface area contributed by atoms with Gasteiger partial charge in [0.05, 0.1) is 11.7 Å². The number of nitrogens with one attached hydrogen (secondary N) is 1. The number of nitrogens with zero attached hydrogens (tertiary/aromatic N) is 4. The largest absolute Gasteiger partial charge is 0.476 e. The highest BCUT2D eigenvalue weighted by Crippen LogP contribution is 2.29. The van der Waals surface area contributed by atoms with Crippen LogP contribution >= 0.6 is 11.6 Å². The van der Waals surface area contributed by atoms with Crippen molar-refractivity contribution in [2.24, 2.45) is 0 Å². The maximum atomic E-state index is 14.5. The summed E-state index contributed by atoms with van der Waals surface area (Å²) in [6.45, 7) is 2.95. The lowest BCUT2D eigenvalue weighted by atomic mass is 10.1. The van der Waals surface area contributed by atoms with Gasteiger partial charge in [0, 0.05) is 30.9 Å². The first-order valence-corrected chi connectivity index (χ1v) is 10.9. The lowest BCUT2D eigenvalue weighted by Crippen LogP contribution is -2.24. The van der Waals surface area contributed by atoms with Crippen molar-refractivity contribution < 1.29 is 14.3 Å². The zero-order valence-corrected chi connectivity index (χ0v) is 18.8. The standard InChI is InChI=1S/C24H19ClFN5O3/c1-13(27-18-6-7-19(25)28-22(18)24(33)34)17-8-16(26)12-31-21(32)9-20(29-23(17)31)30-10-14-4-2-3-5-15(14)11-30/h2-9,12-13,27H,10-11H2,1H3,(H,33,34)/t13-/m1/s1. The van der Waals surface area contributed by atoms with E-state index in [1.54, 1.807) is 6.92 Å². The zero-order valence-electron chi connectivity index (χ0n) is 18.0. The van der Waals surface area contributed by atoms with Gasteiger partial charge in [-0.15, -0.1) is 0 Å². The van der Waals surface area contributed by atoms with E-state index in [1.807, 2.05) is 29.2 Å². The summed E-state index contributed by atoms with van der Waals surface area (Å²) < 4.78 is 15.6. The smallest absolute Gasteiger partial charge is 0.356 e. The molecule has 34 heavy (non-hydrogen) atoms. The zero-order chi connectivity index (χ0) is 24.0. The van der Waals surface area contributed by atoms with Gasteiger partial charge in [0.1, 0.15) is 22.4 Å². The summed E-state index contributed by atoms with van der Waals surface area (Å²) in [4.78, 5) is 35.1. The molecule has 0 radical (unpaired) electrons. The Hall–Kier alpha value is -3.98. The van der Waals surface area contributed by atoms with Crippen LogP contribution in [0.5, 0.6) is 0 Å². The minimum absolute atomic E-state index is 0.0382. The molecule has 0 amide bonds. The van der Waals surface area contributed by atoms with Gasteiger partial charge < -0.3 is 15.3 Å². The second-order valence-corrected chi connectivity index (χ2v) is 8.47. The molecular weight excluding hydrogens is 461 g/mol. The van der Waals surface area contributed by atoms with Crippen molar-refractivity contribution in [3.63, 3.8) is 0 Å². The Labute approximate surface area is 198 Å². The van der Waals surface area contributed by atoms with Crippen molar-refractivity contribution in [1.29, 1.82) is 0 Å². The molecule has 0 bridgehead atoms. The molecular formula is C24H19ClFN5O3. The van der Waals surface area contributed by atoms with Gasteiger partial charge in [-0.25, -0.2) is 19.2 Å². The molecule has 4 aromatic rings. The summed E-state index contributed by atoms with van der Waals surface area (Å²) in [5.41, 5.74) is 2.52. The van der Waals surface area contributed by atoms with Crippen LogP contribution in [0.1, 0.15) is 40.1 Å². The molecule has 0 unspecified atom stereocenters. The fourth-order valence-electron chi connectivity index (χ4n) is 4.18. The van der Waals surface area contributed by atoms with E-state index in [0.29, 0.717) is 24.5 Å². The molecule has 0 saturated heterocycles. The third kappa shape index (κ3) is 3.94. The number of carboxylic acid groups (broad SMARTS) is 1. The lowest BCUT2D eigenvalue weighted by Gasteiger charge is -2.21. The minimum atomic E-state index is -1.26. The van der Waals surface area contributed by atoms with Crippen molar-refractivity contribution in [3.8, 4) is 0 Å². The normalized spacial score (nSPS) is 13.7. The van der Waals surface area contributed by atoms with Crippen LogP contribution in [0.3, 0.4) is 0 Å². The highest BCUT2D eigenvalue weighted by Gasteiger charge is 2.23. The number of halogens is 2. The Kier molecular flexibility index (Phi) is 5.41. The number of fused-ring (bicyclic) bond motifs is 2. The van der Waals surface area contributed by atoms with Crippen molar-refractivity contribution >= 4 is 34.7 Å². The molecule has 1 aliphatic rings. The number of aromatic carboxylic acids is 1. The van der Waals surface area contributed by atoms with Crippen LogP contribution in [-0.2, 0) is 13.1 Å². The molecule has 4 heterocycles. The number of aromatic nitrogens is 3. The van der Waals surface area contributed by atoms with Crippen LogP contribution in [0.4, 0.5) is 15.9 Å². The highest BCUT2D eigenvalue weighted by atomic mass is 35.5. The lowest BCUT2D eigenvalue weighted by molar-refractivity contribution is 0.0691. The van der Waals surface area contributed by atoms with Gasteiger partial charge in [-0.2, -0.15) is 0 Å². The fraction of sp³-hybridized carbons (Fsp3) is 0.167.